The standard InChI is InChI=1S/C25H44N4O2/c30-21-13-11-9-7-5-3-1-2-4-6-8-10-12-16-27-25(31)23-14-15-24(28-22-23)29-19-17-26-18-20-29/h14-15,22,26,30H,1-13,16-21H2,(H,27,31). The van der Waals surface area contributed by atoms with E-state index in [0.717, 1.165) is 51.4 Å². The maximum Gasteiger partial charge on any atom is 0.252 e. The smallest absolute Gasteiger partial charge is 0.252 e. The molecule has 1 aliphatic rings. The van der Waals surface area contributed by atoms with Crippen LogP contribution in [0, 0.1) is 0 Å². The number of carbonyl (C=O) groups excluding carboxylic acids is 1. The highest BCUT2D eigenvalue weighted by Crippen LogP contribution is 2.13. The third-order valence-electron chi connectivity index (χ3n) is 6.07. The maximum absolute atomic E-state index is 12.3. The molecule has 3 N–H and O–H groups in total. The van der Waals surface area contributed by atoms with Crippen molar-refractivity contribution in [1.29, 1.82) is 0 Å². The van der Waals surface area contributed by atoms with Gasteiger partial charge in [0.2, 0.25) is 0 Å². The van der Waals surface area contributed by atoms with Crippen LogP contribution in [0.4, 0.5) is 5.82 Å². The number of aliphatic hydroxyl groups is 1. The number of piperazine rings is 1. The van der Waals surface area contributed by atoms with Gasteiger partial charge in [-0.1, -0.05) is 70.6 Å². The van der Waals surface area contributed by atoms with Gasteiger partial charge in [0.25, 0.3) is 5.91 Å². The number of unbranched alkanes of at least 4 members (excludes halogenated alkanes) is 12. The first-order valence-corrected chi connectivity index (χ1v) is 12.6. The summed E-state index contributed by atoms with van der Waals surface area (Å²) in [7, 11) is 0. The Kier molecular flexibility index (Phi) is 14.0. The Morgan fingerprint density at radius 2 is 1.42 bits per heavy atom. The molecular weight excluding hydrogens is 388 g/mol. The Hall–Kier alpha value is -1.66. The van der Waals surface area contributed by atoms with Crippen molar-refractivity contribution in [1.82, 2.24) is 15.6 Å². The van der Waals surface area contributed by atoms with Gasteiger partial charge in [-0.3, -0.25) is 4.79 Å². The topological polar surface area (TPSA) is 77.5 Å². The summed E-state index contributed by atoms with van der Waals surface area (Å²) in [4.78, 5) is 19.0. The number of anilines is 1. The summed E-state index contributed by atoms with van der Waals surface area (Å²) in [5, 5.41) is 15.1. The van der Waals surface area contributed by atoms with Crippen LogP contribution < -0.4 is 15.5 Å². The second-order valence-corrected chi connectivity index (χ2v) is 8.72. The minimum atomic E-state index is -0.0179. The fraction of sp³-hybridized carbons (Fsp3) is 0.760. The van der Waals surface area contributed by atoms with Gasteiger partial charge in [0.05, 0.1) is 5.56 Å². The lowest BCUT2D eigenvalue weighted by Crippen LogP contribution is -2.43. The molecule has 0 radical (unpaired) electrons. The molecule has 0 atom stereocenters. The molecule has 6 nitrogen and oxygen atoms in total. The second-order valence-electron chi connectivity index (χ2n) is 8.72. The van der Waals surface area contributed by atoms with E-state index in [0.29, 0.717) is 12.2 Å². The van der Waals surface area contributed by atoms with Crippen LogP contribution in [0.5, 0.6) is 0 Å². The van der Waals surface area contributed by atoms with Crippen molar-refractivity contribution in [3.8, 4) is 0 Å². The predicted molar refractivity (Wildman–Crippen MR) is 129 cm³/mol. The number of amides is 1. The summed E-state index contributed by atoms with van der Waals surface area (Å²) in [6.07, 6.45) is 18.0. The van der Waals surface area contributed by atoms with Crippen LogP contribution in [0.25, 0.3) is 0 Å². The number of pyridine rings is 1. The highest BCUT2D eigenvalue weighted by atomic mass is 16.2. The Bertz CT molecular complexity index is 573. The summed E-state index contributed by atoms with van der Waals surface area (Å²) in [6.45, 7) is 4.98. The fourth-order valence-electron chi connectivity index (χ4n) is 4.09. The molecule has 1 aromatic rings. The van der Waals surface area contributed by atoms with Crippen LogP contribution in [0.1, 0.15) is 93.8 Å². The van der Waals surface area contributed by atoms with Gasteiger partial charge in [-0.05, 0) is 25.0 Å². The molecule has 2 rings (SSSR count). The van der Waals surface area contributed by atoms with Crippen LogP contribution in [0.2, 0.25) is 0 Å². The van der Waals surface area contributed by atoms with E-state index in [2.05, 4.69) is 20.5 Å². The van der Waals surface area contributed by atoms with E-state index in [-0.39, 0.29) is 5.91 Å². The fourth-order valence-corrected chi connectivity index (χ4v) is 4.09. The molecule has 1 aliphatic heterocycles. The van der Waals surface area contributed by atoms with Gasteiger partial charge in [0.1, 0.15) is 5.82 Å². The summed E-state index contributed by atoms with van der Waals surface area (Å²) in [5.41, 5.74) is 0.646. The quantitative estimate of drug-likeness (QED) is 0.320. The van der Waals surface area contributed by atoms with Crippen LogP contribution in [-0.2, 0) is 0 Å². The van der Waals surface area contributed by atoms with Crippen molar-refractivity contribution >= 4 is 11.7 Å². The van der Waals surface area contributed by atoms with Crippen molar-refractivity contribution in [3.63, 3.8) is 0 Å². The van der Waals surface area contributed by atoms with Crippen molar-refractivity contribution in [2.45, 2.75) is 83.5 Å². The minimum Gasteiger partial charge on any atom is -0.396 e. The summed E-state index contributed by atoms with van der Waals surface area (Å²) in [6, 6.07) is 3.84. The molecule has 176 valence electrons. The monoisotopic (exact) mass is 432 g/mol. The lowest BCUT2D eigenvalue weighted by molar-refractivity contribution is 0.0952. The summed E-state index contributed by atoms with van der Waals surface area (Å²) in [5.74, 6) is 0.937. The Labute approximate surface area is 189 Å². The molecule has 6 heteroatoms. The van der Waals surface area contributed by atoms with Crippen LogP contribution in [-0.4, -0.2) is 55.3 Å². The van der Waals surface area contributed by atoms with Crippen molar-refractivity contribution in [3.05, 3.63) is 23.9 Å². The zero-order chi connectivity index (χ0) is 22.0. The number of aliphatic hydroxyl groups excluding tert-OH is 1. The van der Waals surface area contributed by atoms with E-state index in [1.54, 1.807) is 6.20 Å². The number of rotatable bonds is 17. The van der Waals surface area contributed by atoms with Crippen molar-refractivity contribution < 1.29 is 9.90 Å². The third kappa shape index (κ3) is 11.5. The number of nitrogens with one attached hydrogen (secondary N) is 2. The zero-order valence-corrected chi connectivity index (χ0v) is 19.4. The first-order valence-electron chi connectivity index (χ1n) is 12.6. The van der Waals surface area contributed by atoms with Crippen LogP contribution in [0.15, 0.2) is 18.3 Å². The molecule has 0 unspecified atom stereocenters. The van der Waals surface area contributed by atoms with Gasteiger partial charge < -0.3 is 20.6 Å². The van der Waals surface area contributed by atoms with E-state index in [1.165, 1.54) is 70.6 Å². The zero-order valence-electron chi connectivity index (χ0n) is 19.4. The molecule has 0 aliphatic carbocycles. The maximum atomic E-state index is 12.3. The van der Waals surface area contributed by atoms with Crippen molar-refractivity contribution in [2.75, 3.05) is 44.2 Å². The van der Waals surface area contributed by atoms with E-state index < -0.39 is 0 Å². The first kappa shape index (κ1) is 25.6. The van der Waals surface area contributed by atoms with Gasteiger partial charge in [0.15, 0.2) is 0 Å². The molecule has 1 fully saturated rings. The van der Waals surface area contributed by atoms with Gasteiger partial charge in [-0.25, -0.2) is 4.98 Å². The molecule has 1 saturated heterocycles. The SMILES string of the molecule is O=C(NCCCCCCCCCCCCCCCO)c1ccc(N2CCNCC2)nc1. The first-order chi connectivity index (χ1) is 15.3. The number of nitrogens with zero attached hydrogens (tertiary/aromatic N) is 2. The molecule has 0 spiro atoms. The Morgan fingerprint density at radius 1 is 0.871 bits per heavy atom. The minimum absolute atomic E-state index is 0.0179. The number of hydrogen-bond donors (Lipinski definition) is 3. The summed E-state index contributed by atoms with van der Waals surface area (Å²) >= 11 is 0. The van der Waals surface area contributed by atoms with E-state index in [4.69, 9.17) is 5.11 Å². The second kappa shape index (κ2) is 17.0. The molecular formula is C25H44N4O2. The average Bonchev–Trinajstić information content (AvgIpc) is 2.82. The third-order valence-corrected chi connectivity index (χ3v) is 6.07. The predicted octanol–water partition coefficient (Wildman–Crippen LogP) is 4.28. The number of aromatic nitrogens is 1. The van der Waals surface area contributed by atoms with E-state index >= 15 is 0 Å². The van der Waals surface area contributed by atoms with Gasteiger partial charge in [-0.2, -0.15) is 0 Å². The molecule has 0 aromatic carbocycles. The average molecular weight is 433 g/mol. The van der Waals surface area contributed by atoms with Crippen molar-refractivity contribution in [2.24, 2.45) is 0 Å². The van der Waals surface area contributed by atoms with E-state index in [9.17, 15) is 4.79 Å². The van der Waals surface area contributed by atoms with Gasteiger partial charge in [0, 0.05) is 45.5 Å². The highest BCUT2D eigenvalue weighted by Gasteiger charge is 2.12. The number of carbonyl (C=O) groups is 1. The molecule has 0 bridgehead atoms. The Morgan fingerprint density at radius 3 is 1.94 bits per heavy atom. The van der Waals surface area contributed by atoms with Crippen LogP contribution in [0.3, 0.4) is 0 Å². The molecule has 0 saturated carbocycles. The molecule has 31 heavy (non-hydrogen) atoms. The van der Waals surface area contributed by atoms with Gasteiger partial charge in [-0.15, -0.1) is 0 Å². The summed E-state index contributed by atoms with van der Waals surface area (Å²) < 4.78 is 0. The lowest BCUT2D eigenvalue weighted by Gasteiger charge is -2.28. The molecule has 2 heterocycles. The molecule has 1 aromatic heterocycles. The molecule has 1 amide bonds. The largest absolute Gasteiger partial charge is 0.396 e. The highest BCUT2D eigenvalue weighted by molar-refractivity contribution is 5.94. The lowest BCUT2D eigenvalue weighted by atomic mass is 10.0. The van der Waals surface area contributed by atoms with Crippen LogP contribution >= 0.6 is 0 Å². The Balaban J connectivity index is 1.40. The van der Waals surface area contributed by atoms with E-state index in [1.807, 2.05) is 12.1 Å². The number of hydrogen-bond acceptors (Lipinski definition) is 5. The van der Waals surface area contributed by atoms with Gasteiger partial charge >= 0.3 is 0 Å². The normalized spacial score (nSPS) is 14.0.